The van der Waals surface area contributed by atoms with Crippen molar-refractivity contribution in [1.29, 1.82) is 0 Å². The number of carboxylic acids is 1. The van der Waals surface area contributed by atoms with Crippen LogP contribution in [0.15, 0.2) is 24.3 Å². The van der Waals surface area contributed by atoms with Gasteiger partial charge in [0.25, 0.3) is 0 Å². The minimum absolute atomic E-state index is 0.173. The van der Waals surface area contributed by atoms with E-state index in [9.17, 15) is 4.79 Å². The smallest absolute Gasteiger partial charge is 0.308 e. The zero-order valence-corrected chi connectivity index (χ0v) is 13.1. The average Bonchev–Trinajstić information content (AvgIpc) is 2.43. The molecule has 7 heteroatoms. The second-order valence-corrected chi connectivity index (χ2v) is 5.47. The number of hydrogen-bond donors (Lipinski definition) is 2. The third-order valence-electron chi connectivity index (χ3n) is 3.07. The Labute approximate surface area is 133 Å². The highest BCUT2D eigenvalue weighted by Gasteiger charge is 2.17. The molecule has 22 heavy (non-hydrogen) atoms. The zero-order valence-electron chi connectivity index (χ0n) is 12.4. The molecule has 0 atom stereocenters. The fraction of sp³-hybridized carbons (Fsp3) is 0.267. The lowest BCUT2D eigenvalue weighted by atomic mass is 10.1. The number of halogens is 1. The van der Waals surface area contributed by atoms with E-state index in [1.165, 1.54) is 0 Å². The number of aliphatic carboxylic acids is 1. The topological polar surface area (TPSA) is 92.3 Å². The van der Waals surface area contributed by atoms with Crippen molar-refractivity contribution >= 4 is 29.1 Å². The van der Waals surface area contributed by atoms with Crippen LogP contribution < -0.4 is 10.6 Å². The van der Waals surface area contributed by atoms with Crippen molar-refractivity contribution < 1.29 is 9.90 Å². The van der Waals surface area contributed by atoms with Crippen molar-refractivity contribution in [2.75, 3.05) is 24.7 Å². The highest BCUT2D eigenvalue weighted by atomic mass is 35.5. The summed E-state index contributed by atoms with van der Waals surface area (Å²) < 4.78 is 0. The maximum absolute atomic E-state index is 11.0. The molecule has 1 heterocycles. The number of rotatable bonds is 5. The predicted molar refractivity (Wildman–Crippen MR) is 86.4 cm³/mol. The lowest BCUT2D eigenvalue weighted by Crippen LogP contribution is -2.18. The van der Waals surface area contributed by atoms with Crippen molar-refractivity contribution in [3.05, 3.63) is 46.4 Å². The van der Waals surface area contributed by atoms with E-state index in [0.717, 1.165) is 5.56 Å². The van der Waals surface area contributed by atoms with Gasteiger partial charge >= 0.3 is 5.97 Å². The van der Waals surface area contributed by atoms with E-state index >= 15 is 0 Å². The molecule has 0 unspecified atom stereocenters. The van der Waals surface area contributed by atoms with E-state index in [2.05, 4.69) is 9.97 Å². The first-order valence-electron chi connectivity index (χ1n) is 6.65. The third-order valence-corrected chi connectivity index (χ3v) is 3.39. The van der Waals surface area contributed by atoms with Crippen molar-refractivity contribution in [3.63, 3.8) is 0 Å². The molecular formula is C15H17ClN4O2. The maximum Gasteiger partial charge on any atom is 0.308 e. The number of carboxylic acid groups (broad SMARTS) is 1. The van der Waals surface area contributed by atoms with Gasteiger partial charge in [0.1, 0.15) is 16.8 Å². The van der Waals surface area contributed by atoms with Gasteiger partial charge in [0.05, 0.1) is 6.42 Å². The van der Waals surface area contributed by atoms with Crippen LogP contribution >= 0.6 is 11.6 Å². The largest absolute Gasteiger partial charge is 0.481 e. The van der Waals surface area contributed by atoms with Gasteiger partial charge in [-0.25, -0.2) is 9.97 Å². The Hall–Kier alpha value is -2.34. The lowest BCUT2D eigenvalue weighted by Gasteiger charge is -2.17. The lowest BCUT2D eigenvalue weighted by molar-refractivity contribution is -0.136. The number of nitrogen functional groups attached to an aromatic ring is 1. The van der Waals surface area contributed by atoms with E-state index in [4.69, 9.17) is 22.4 Å². The van der Waals surface area contributed by atoms with Crippen molar-refractivity contribution in [2.24, 2.45) is 0 Å². The van der Waals surface area contributed by atoms with Crippen LogP contribution in [0.5, 0.6) is 0 Å². The Balaban J connectivity index is 2.37. The molecule has 0 aliphatic carbocycles. The second-order valence-electron chi connectivity index (χ2n) is 5.12. The molecule has 0 saturated heterocycles. The Kier molecular flexibility index (Phi) is 4.82. The minimum Gasteiger partial charge on any atom is -0.481 e. The van der Waals surface area contributed by atoms with Crippen LogP contribution in [-0.2, 0) is 17.6 Å². The fourth-order valence-electron chi connectivity index (χ4n) is 2.06. The van der Waals surface area contributed by atoms with Crippen LogP contribution in [0.2, 0.25) is 5.15 Å². The number of aromatic nitrogens is 2. The molecule has 1 aromatic carbocycles. The number of benzene rings is 1. The van der Waals surface area contributed by atoms with Crippen LogP contribution in [0.25, 0.3) is 0 Å². The summed E-state index contributed by atoms with van der Waals surface area (Å²) in [5, 5.41) is 9.16. The van der Waals surface area contributed by atoms with Crippen LogP contribution in [-0.4, -0.2) is 35.1 Å². The molecule has 1 aromatic heterocycles. The van der Waals surface area contributed by atoms with Gasteiger partial charge in [-0.05, 0) is 17.7 Å². The Morgan fingerprint density at radius 3 is 2.45 bits per heavy atom. The highest BCUT2D eigenvalue weighted by Crippen LogP contribution is 2.24. The molecule has 0 spiro atoms. The number of nitrogens with zero attached hydrogens (tertiary/aromatic N) is 3. The molecule has 2 aromatic rings. The Morgan fingerprint density at radius 1 is 1.27 bits per heavy atom. The molecule has 0 radical (unpaired) electrons. The number of anilines is 2. The normalized spacial score (nSPS) is 10.5. The van der Waals surface area contributed by atoms with Crippen molar-refractivity contribution in [3.8, 4) is 0 Å². The van der Waals surface area contributed by atoms with Crippen LogP contribution in [0.4, 0.5) is 11.5 Å². The summed E-state index contributed by atoms with van der Waals surface area (Å²) >= 11 is 6.15. The standard InChI is InChI=1S/C15H17ClN4O2/c1-20(2)15-11(8-13(21)22)14(16)18-12(19-15)7-9-3-5-10(17)6-4-9/h3-6H,7-8,17H2,1-2H3,(H,21,22). The molecule has 0 fully saturated rings. The molecule has 3 N–H and O–H groups in total. The van der Waals surface area contributed by atoms with Gasteiger partial charge in [-0.15, -0.1) is 0 Å². The summed E-state index contributed by atoms with van der Waals surface area (Å²) in [4.78, 5) is 21.4. The van der Waals surface area contributed by atoms with Crippen LogP contribution in [0.1, 0.15) is 17.0 Å². The number of hydrogen-bond acceptors (Lipinski definition) is 5. The van der Waals surface area contributed by atoms with E-state index in [0.29, 0.717) is 29.3 Å². The monoisotopic (exact) mass is 320 g/mol. The summed E-state index contributed by atoms with van der Waals surface area (Å²) in [5.74, 6) is 0.0836. The number of carbonyl (C=O) groups is 1. The summed E-state index contributed by atoms with van der Waals surface area (Å²) in [6, 6.07) is 7.41. The first kappa shape index (κ1) is 16.0. The SMILES string of the molecule is CN(C)c1nc(Cc2ccc(N)cc2)nc(Cl)c1CC(=O)O. The third kappa shape index (κ3) is 3.85. The summed E-state index contributed by atoms with van der Waals surface area (Å²) in [6.07, 6.45) is 0.280. The van der Waals surface area contributed by atoms with Gasteiger partial charge in [-0.2, -0.15) is 0 Å². The van der Waals surface area contributed by atoms with Crippen molar-refractivity contribution in [2.45, 2.75) is 12.8 Å². The van der Waals surface area contributed by atoms with Crippen LogP contribution in [0, 0.1) is 0 Å². The van der Waals surface area contributed by atoms with Gasteiger partial charge in [0, 0.05) is 31.8 Å². The zero-order chi connectivity index (χ0) is 16.3. The molecule has 6 nitrogen and oxygen atoms in total. The first-order valence-corrected chi connectivity index (χ1v) is 7.03. The second kappa shape index (κ2) is 6.62. The van der Waals surface area contributed by atoms with E-state index in [-0.39, 0.29) is 11.6 Å². The van der Waals surface area contributed by atoms with E-state index < -0.39 is 5.97 Å². The fourth-order valence-corrected chi connectivity index (χ4v) is 2.31. The summed E-state index contributed by atoms with van der Waals surface area (Å²) in [6.45, 7) is 0. The Bertz CT molecular complexity index is 687. The molecular weight excluding hydrogens is 304 g/mol. The van der Waals surface area contributed by atoms with E-state index in [1.54, 1.807) is 19.0 Å². The maximum atomic E-state index is 11.0. The molecule has 0 aliphatic rings. The highest BCUT2D eigenvalue weighted by molar-refractivity contribution is 6.30. The van der Waals surface area contributed by atoms with Gasteiger partial charge in [0.15, 0.2) is 0 Å². The molecule has 116 valence electrons. The Morgan fingerprint density at radius 2 is 1.91 bits per heavy atom. The van der Waals surface area contributed by atoms with Gasteiger partial charge in [-0.3, -0.25) is 4.79 Å². The van der Waals surface area contributed by atoms with Gasteiger partial charge in [0.2, 0.25) is 0 Å². The predicted octanol–water partition coefficient (Wildman–Crippen LogP) is 2.00. The average molecular weight is 321 g/mol. The molecule has 0 amide bonds. The first-order chi connectivity index (χ1) is 10.4. The molecule has 2 rings (SSSR count). The minimum atomic E-state index is -0.972. The molecule has 0 bridgehead atoms. The molecule has 0 saturated carbocycles. The summed E-state index contributed by atoms with van der Waals surface area (Å²) in [5.41, 5.74) is 7.77. The number of nitrogens with two attached hydrogens (primary N) is 1. The van der Waals surface area contributed by atoms with Gasteiger partial charge in [-0.1, -0.05) is 23.7 Å². The van der Waals surface area contributed by atoms with Crippen molar-refractivity contribution in [1.82, 2.24) is 9.97 Å². The van der Waals surface area contributed by atoms with E-state index in [1.807, 2.05) is 24.3 Å². The van der Waals surface area contributed by atoms with Crippen LogP contribution in [0.3, 0.4) is 0 Å². The van der Waals surface area contributed by atoms with Gasteiger partial charge < -0.3 is 15.7 Å². The summed E-state index contributed by atoms with van der Waals surface area (Å²) in [7, 11) is 3.58. The molecule has 0 aliphatic heterocycles. The quantitative estimate of drug-likeness (QED) is 0.646.